The Morgan fingerprint density at radius 2 is 1.88 bits per heavy atom. The highest BCUT2D eigenvalue weighted by atomic mass is 19.3. The fourth-order valence-corrected chi connectivity index (χ4v) is 4.80. The molecule has 1 aliphatic heterocycles. The van der Waals surface area contributed by atoms with Gasteiger partial charge in [0.25, 0.3) is 5.92 Å². The molecule has 222 valence electrons. The van der Waals surface area contributed by atoms with Crippen molar-refractivity contribution in [2.24, 2.45) is 11.3 Å². The normalized spacial score (nSPS) is 16.3. The molecule has 2 aromatic rings. The van der Waals surface area contributed by atoms with Gasteiger partial charge >= 0.3 is 5.97 Å². The third-order valence-corrected chi connectivity index (χ3v) is 7.54. The number of aliphatic carboxylic acids is 1. The lowest BCUT2D eigenvalue weighted by Gasteiger charge is -2.40. The maximum atomic E-state index is 14.2. The number of rotatable bonds is 14. The van der Waals surface area contributed by atoms with Crippen LogP contribution in [-0.4, -0.2) is 53.3 Å². The van der Waals surface area contributed by atoms with Crippen molar-refractivity contribution in [3.63, 3.8) is 0 Å². The SMILES string of the molecule is CCCCO[C@H](C(=O)O)c1c(C)ncc(-c2ccc(OCC(F)(F)CCC(C)C)cn2)c1N1CCC(C)(C)CC1. The third-order valence-electron chi connectivity index (χ3n) is 7.54. The van der Waals surface area contributed by atoms with Crippen molar-refractivity contribution >= 4 is 11.7 Å². The van der Waals surface area contributed by atoms with Crippen LogP contribution < -0.4 is 9.64 Å². The van der Waals surface area contributed by atoms with Crippen molar-refractivity contribution in [2.75, 3.05) is 31.2 Å². The van der Waals surface area contributed by atoms with E-state index in [1.807, 2.05) is 20.8 Å². The summed E-state index contributed by atoms with van der Waals surface area (Å²) in [5.41, 5.74) is 3.32. The molecule has 1 atom stereocenters. The highest BCUT2D eigenvalue weighted by Crippen LogP contribution is 2.42. The number of nitrogens with zero attached hydrogens (tertiary/aromatic N) is 3. The summed E-state index contributed by atoms with van der Waals surface area (Å²) >= 11 is 0. The Hall–Kier alpha value is -2.81. The molecule has 0 amide bonds. The van der Waals surface area contributed by atoms with Gasteiger partial charge in [0.2, 0.25) is 0 Å². The Bertz CT molecular complexity index is 1110. The predicted octanol–water partition coefficient (Wildman–Crippen LogP) is 7.47. The molecule has 0 spiro atoms. The maximum Gasteiger partial charge on any atom is 0.337 e. The van der Waals surface area contributed by atoms with Crippen molar-refractivity contribution < 1.29 is 28.2 Å². The van der Waals surface area contributed by atoms with Crippen molar-refractivity contribution in [1.29, 1.82) is 0 Å². The Balaban J connectivity index is 1.96. The predicted molar refractivity (Wildman–Crippen MR) is 153 cm³/mol. The van der Waals surface area contributed by atoms with Gasteiger partial charge in [-0.2, -0.15) is 0 Å². The average molecular weight is 562 g/mol. The van der Waals surface area contributed by atoms with Gasteiger partial charge in [0.15, 0.2) is 12.7 Å². The molecule has 2 aromatic heterocycles. The minimum absolute atomic E-state index is 0.192. The van der Waals surface area contributed by atoms with E-state index in [2.05, 4.69) is 28.7 Å². The first kappa shape index (κ1) is 31.7. The number of hydrogen-bond acceptors (Lipinski definition) is 6. The summed E-state index contributed by atoms with van der Waals surface area (Å²) in [4.78, 5) is 23.8. The van der Waals surface area contributed by atoms with Crippen LogP contribution in [0.15, 0.2) is 24.5 Å². The molecule has 3 rings (SSSR count). The number of aromatic nitrogens is 2. The number of ether oxygens (including phenoxy) is 2. The summed E-state index contributed by atoms with van der Waals surface area (Å²) in [6, 6.07) is 3.33. The van der Waals surface area contributed by atoms with E-state index in [0.29, 0.717) is 35.5 Å². The van der Waals surface area contributed by atoms with Crippen LogP contribution in [0.3, 0.4) is 0 Å². The Kier molecular flexibility index (Phi) is 10.9. The lowest BCUT2D eigenvalue weighted by atomic mass is 9.82. The Morgan fingerprint density at radius 3 is 2.45 bits per heavy atom. The van der Waals surface area contributed by atoms with Crippen LogP contribution in [0, 0.1) is 18.3 Å². The van der Waals surface area contributed by atoms with Gasteiger partial charge in [-0.1, -0.05) is 41.0 Å². The van der Waals surface area contributed by atoms with Gasteiger partial charge in [0.1, 0.15) is 5.75 Å². The number of pyridine rings is 2. The van der Waals surface area contributed by atoms with Gasteiger partial charge in [-0.3, -0.25) is 9.97 Å². The van der Waals surface area contributed by atoms with E-state index < -0.39 is 24.6 Å². The average Bonchev–Trinajstić information content (AvgIpc) is 2.90. The van der Waals surface area contributed by atoms with Gasteiger partial charge in [-0.25, -0.2) is 13.6 Å². The maximum absolute atomic E-state index is 14.2. The number of carboxylic acids is 1. The van der Waals surface area contributed by atoms with E-state index in [9.17, 15) is 18.7 Å². The van der Waals surface area contributed by atoms with Gasteiger partial charge in [-0.15, -0.1) is 0 Å². The molecule has 0 bridgehead atoms. The number of halogens is 2. The molecule has 0 unspecified atom stereocenters. The summed E-state index contributed by atoms with van der Waals surface area (Å²) in [7, 11) is 0. The Morgan fingerprint density at radius 1 is 1.18 bits per heavy atom. The molecule has 9 heteroatoms. The third kappa shape index (κ3) is 8.59. The van der Waals surface area contributed by atoms with Crippen LogP contribution in [0.25, 0.3) is 11.3 Å². The van der Waals surface area contributed by atoms with Gasteiger partial charge in [-0.05, 0) is 56.1 Å². The molecule has 0 saturated carbocycles. The Labute approximate surface area is 237 Å². The fraction of sp³-hybridized carbons (Fsp3) is 0.645. The number of anilines is 1. The van der Waals surface area contributed by atoms with E-state index in [-0.39, 0.29) is 23.5 Å². The summed E-state index contributed by atoms with van der Waals surface area (Å²) in [5.74, 6) is -3.54. The van der Waals surface area contributed by atoms with Crippen LogP contribution in [0.1, 0.15) is 90.5 Å². The first-order valence-corrected chi connectivity index (χ1v) is 14.4. The zero-order valence-electron chi connectivity index (χ0n) is 24.8. The topological polar surface area (TPSA) is 84.8 Å². The molecular weight excluding hydrogens is 516 g/mol. The van der Waals surface area contributed by atoms with Crippen molar-refractivity contribution in [3.05, 3.63) is 35.8 Å². The molecule has 0 aliphatic carbocycles. The molecule has 3 heterocycles. The quantitative estimate of drug-likeness (QED) is 0.240. The smallest absolute Gasteiger partial charge is 0.337 e. The number of hydrogen-bond donors (Lipinski definition) is 1. The summed E-state index contributed by atoms with van der Waals surface area (Å²) < 4.78 is 39.8. The first-order chi connectivity index (χ1) is 18.8. The number of carboxylic acid groups (broad SMARTS) is 1. The minimum atomic E-state index is -2.92. The van der Waals surface area contributed by atoms with Crippen molar-refractivity contribution in [3.8, 4) is 17.0 Å². The van der Waals surface area contributed by atoms with E-state index in [0.717, 1.165) is 44.5 Å². The van der Waals surface area contributed by atoms with Crippen LogP contribution >= 0.6 is 0 Å². The van der Waals surface area contributed by atoms with Gasteiger partial charge in [0.05, 0.1) is 17.6 Å². The second-order valence-corrected chi connectivity index (χ2v) is 12.1. The standard InChI is InChI=1S/C31H45F2N3O4/c1-7-8-17-39-28(29(37)38)26-22(4)34-19-24(27(26)36-15-13-30(5,6)14-16-36)25-10-9-23(18-35-25)40-20-31(32,33)12-11-21(2)3/h9-10,18-19,21,28H,7-8,11-17,20H2,1-6H3,(H,37,38)/t28-/m0/s1. The second-order valence-electron chi connectivity index (χ2n) is 12.1. The zero-order chi connectivity index (χ0) is 29.5. The molecule has 0 aromatic carbocycles. The lowest BCUT2D eigenvalue weighted by Crippen LogP contribution is -2.39. The molecule has 1 saturated heterocycles. The van der Waals surface area contributed by atoms with E-state index in [4.69, 9.17) is 9.47 Å². The summed E-state index contributed by atoms with van der Waals surface area (Å²) in [6.45, 7) is 13.3. The number of aryl methyl sites for hydroxylation is 1. The number of carbonyl (C=O) groups is 1. The molecule has 1 aliphatic rings. The molecular formula is C31H45F2N3O4. The van der Waals surface area contributed by atoms with Crippen LogP contribution in [-0.2, 0) is 9.53 Å². The zero-order valence-corrected chi connectivity index (χ0v) is 24.8. The highest BCUT2D eigenvalue weighted by molar-refractivity contribution is 5.85. The molecule has 0 radical (unpaired) electrons. The van der Waals surface area contributed by atoms with E-state index in [1.54, 1.807) is 25.3 Å². The van der Waals surface area contributed by atoms with E-state index in [1.165, 1.54) is 6.20 Å². The van der Waals surface area contributed by atoms with Crippen LogP contribution in [0.5, 0.6) is 5.75 Å². The molecule has 40 heavy (non-hydrogen) atoms. The van der Waals surface area contributed by atoms with E-state index >= 15 is 0 Å². The van der Waals surface area contributed by atoms with Crippen molar-refractivity contribution in [1.82, 2.24) is 9.97 Å². The lowest BCUT2D eigenvalue weighted by molar-refractivity contribution is -0.151. The van der Waals surface area contributed by atoms with Crippen molar-refractivity contribution in [2.45, 2.75) is 92.1 Å². The number of alkyl halides is 2. The largest absolute Gasteiger partial charge is 0.486 e. The monoisotopic (exact) mass is 561 g/mol. The second kappa shape index (κ2) is 13.7. The first-order valence-electron chi connectivity index (χ1n) is 14.4. The summed E-state index contributed by atoms with van der Waals surface area (Å²) in [6.07, 6.45) is 5.72. The molecule has 7 nitrogen and oxygen atoms in total. The van der Waals surface area contributed by atoms with Gasteiger partial charge in [0, 0.05) is 49.1 Å². The number of unbranched alkanes of at least 4 members (excludes halogenated alkanes) is 1. The van der Waals surface area contributed by atoms with Crippen LogP contribution in [0.2, 0.25) is 0 Å². The minimum Gasteiger partial charge on any atom is -0.486 e. The van der Waals surface area contributed by atoms with Crippen LogP contribution in [0.4, 0.5) is 14.5 Å². The fourth-order valence-electron chi connectivity index (χ4n) is 4.80. The highest BCUT2D eigenvalue weighted by Gasteiger charge is 2.34. The van der Waals surface area contributed by atoms with Gasteiger partial charge < -0.3 is 19.5 Å². The molecule has 1 N–H and O–H groups in total. The number of piperidine rings is 1. The summed E-state index contributed by atoms with van der Waals surface area (Å²) in [5, 5.41) is 10.2. The molecule has 1 fully saturated rings.